The van der Waals surface area contributed by atoms with Crippen molar-refractivity contribution in [1.82, 2.24) is 0 Å². The van der Waals surface area contributed by atoms with Gasteiger partial charge in [-0.05, 0) is 68.1 Å². The second-order valence-corrected chi connectivity index (χ2v) is 8.67. The predicted molar refractivity (Wildman–Crippen MR) is 87.1 cm³/mol. The molecule has 3 saturated carbocycles. The average Bonchev–Trinajstić information content (AvgIpc) is 2.55. The molecule has 0 radical (unpaired) electrons. The van der Waals surface area contributed by atoms with Crippen LogP contribution in [0.15, 0.2) is 18.2 Å². The van der Waals surface area contributed by atoms with Crippen LogP contribution in [0, 0.1) is 12.3 Å². The SMILES string of the molecule is COc1ccc(C23CCC(C(O)S(=O)(=O)O)(CC2)CC3)cc1C. The smallest absolute Gasteiger partial charge is 0.292 e. The average molecular weight is 340 g/mol. The van der Waals surface area contributed by atoms with Crippen molar-refractivity contribution in [2.24, 2.45) is 5.41 Å². The molecule has 0 aromatic heterocycles. The molecule has 0 aliphatic heterocycles. The third-order valence-electron chi connectivity index (χ3n) is 6.12. The van der Waals surface area contributed by atoms with E-state index < -0.39 is 21.0 Å². The van der Waals surface area contributed by atoms with E-state index in [4.69, 9.17) is 4.74 Å². The molecule has 0 heterocycles. The van der Waals surface area contributed by atoms with Gasteiger partial charge in [0.25, 0.3) is 10.1 Å². The van der Waals surface area contributed by atoms with Crippen LogP contribution in [0.3, 0.4) is 0 Å². The third kappa shape index (κ3) is 2.66. The summed E-state index contributed by atoms with van der Waals surface area (Å²) in [6, 6.07) is 6.25. The Bertz CT molecular complexity index is 685. The van der Waals surface area contributed by atoms with Gasteiger partial charge in [-0.15, -0.1) is 0 Å². The van der Waals surface area contributed by atoms with Crippen LogP contribution >= 0.6 is 0 Å². The van der Waals surface area contributed by atoms with E-state index in [1.54, 1.807) is 7.11 Å². The molecule has 4 rings (SSSR count). The first kappa shape index (κ1) is 16.7. The Labute approximate surface area is 137 Å². The number of rotatable bonds is 4. The van der Waals surface area contributed by atoms with E-state index >= 15 is 0 Å². The molecular weight excluding hydrogens is 316 g/mol. The van der Waals surface area contributed by atoms with E-state index in [1.807, 2.05) is 13.0 Å². The molecule has 3 aliphatic rings. The zero-order valence-electron chi connectivity index (χ0n) is 13.6. The highest BCUT2D eigenvalue weighted by atomic mass is 32.2. The third-order valence-corrected chi connectivity index (χ3v) is 7.18. The normalized spacial score (nSPS) is 31.8. The second kappa shape index (κ2) is 5.46. The molecule has 2 N–H and O–H groups in total. The maximum atomic E-state index is 11.4. The van der Waals surface area contributed by atoms with Gasteiger partial charge in [-0.1, -0.05) is 12.1 Å². The molecule has 3 aliphatic carbocycles. The summed E-state index contributed by atoms with van der Waals surface area (Å²) in [6.07, 6.45) is 4.39. The summed E-state index contributed by atoms with van der Waals surface area (Å²) in [7, 11) is -2.75. The number of aryl methyl sites for hydroxylation is 1. The van der Waals surface area contributed by atoms with Crippen LogP contribution < -0.4 is 4.74 Å². The van der Waals surface area contributed by atoms with Crippen molar-refractivity contribution in [1.29, 1.82) is 0 Å². The van der Waals surface area contributed by atoms with E-state index in [2.05, 4.69) is 12.1 Å². The zero-order valence-corrected chi connectivity index (χ0v) is 14.4. The number of fused-ring (bicyclic) bond motifs is 3. The number of hydrogen-bond acceptors (Lipinski definition) is 4. The molecule has 1 unspecified atom stereocenters. The van der Waals surface area contributed by atoms with Crippen molar-refractivity contribution < 1.29 is 22.8 Å². The minimum absolute atomic E-state index is 0.0533. The predicted octanol–water partition coefficient (Wildman–Crippen LogP) is 2.80. The van der Waals surface area contributed by atoms with Crippen molar-refractivity contribution in [3.63, 3.8) is 0 Å². The zero-order chi connectivity index (χ0) is 16.9. The van der Waals surface area contributed by atoms with Crippen molar-refractivity contribution in [2.75, 3.05) is 7.11 Å². The molecule has 128 valence electrons. The summed E-state index contributed by atoms with van der Waals surface area (Å²) >= 11 is 0. The second-order valence-electron chi connectivity index (χ2n) is 7.19. The van der Waals surface area contributed by atoms with Gasteiger partial charge < -0.3 is 9.84 Å². The van der Waals surface area contributed by atoms with Gasteiger partial charge in [0.05, 0.1) is 7.11 Å². The minimum Gasteiger partial charge on any atom is -0.496 e. The van der Waals surface area contributed by atoms with E-state index in [-0.39, 0.29) is 5.41 Å². The lowest BCUT2D eigenvalue weighted by Crippen LogP contribution is -2.51. The highest BCUT2D eigenvalue weighted by Crippen LogP contribution is 2.59. The fourth-order valence-corrected chi connectivity index (χ4v) is 5.53. The van der Waals surface area contributed by atoms with E-state index in [1.165, 1.54) is 5.56 Å². The standard InChI is InChI=1S/C17H24O5S/c1-12-11-13(3-4-14(12)22-2)16-5-8-17(9-6-16,10-7-16)15(18)23(19,20)21/h3-4,11,15,18H,5-10H2,1-2H3,(H,19,20,21). The lowest BCUT2D eigenvalue weighted by molar-refractivity contribution is -0.0305. The van der Waals surface area contributed by atoms with Gasteiger partial charge in [0, 0.05) is 5.41 Å². The summed E-state index contributed by atoms with van der Waals surface area (Å²) < 4.78 is 37.3. The molecule has 5 nitrogen and oxygen atoms in total. The van der Waals surface area contributed by atoms with Gasteiger partial charge in [0.2, 0.25) is 0 Å². The Hall–Kier alpha value is -1.11. The van der Waals surface area contributed by atoms with Crippen LogP contribution in [0.25, 0.3) is 0 Å². The topological polar surface area (TPSA) is 83.8 Å². The lowest BCUT2D eigenvalue weighted by atomic mass is 9.52. The molecule has 1 aromatic rings. The Morgan fingerprint density at radius 1 is 1.13 bits per heavy atom. The summed E-state index contributed by atoms with van der Waals surface area (Å²) in [4.78, 5) is 0. The Morgan fingerprint density at radius 3 is 2.13 bits per heavy atom. The Morgan fingerprint density at radius 2 is 1.70 bits per heavy atom. The highest BCUT2D eigenvalue weighted by molar-refractivity contribution is 7.86. The summed E-state index contributed by atoms with van der Waals surface area (Å²) in [5, 5.41) is 10.1. The summed E-state index contributed by atoms with van der Waals surface area (Å²) in [5.74, 6) is 0.868. The van der Waals surface area contributed by atoms with Crippen LogP contribution in [-0.2, 0) is 15.5 Å². The van der Waals surface area contributed by atoms with E-state index in [9.17, 15) is 18.1 Å². The van der Waals surface area contributed by atoms with Crippen LogP contribution in [0.1, 0.15) is 49.7 Å². The van der Waals surface area contributed by atoms with Gasteiger partial charge in [-0.3, -0.25) is 4.55 Å². The molecule has 3 fully saturated rings. The summed E-state index contributed by atoms with van der Waals surface area (Å²) in [6.45, 7) is 2.02. The first-order chi connectivity index (χ1) is 10.7. The Kier molecular flexibility index (Phi) is 3.98. The number of benzene rings is 1. The number of hydrogen-bond donors (Lipinski definition) is 2. The number of aliphatic hydroxyl groups is 1. The fraction of sp³-hybridized carbons (Fsp3) is 0.647. The van der Waals surface area contributed by atoms with Gasteiger partial charge >= 0.3 is 0 Å². The number of aliphatic hydroxyl groups excluding tert-OH is 1. The van der Waals surface area contributed by atoms with Crippen LogP contribution in [0.4, 0.5) is 0 Å². The van der Waals surface area contributed by atoms with Crippen LogP contribution in [0.5, 0.6) is 5.75 Å². The van der Waals surface area contributed by atoms with Gasteiger partial charge in [0.15, 0.2) is 5.44 Å². The fourth-order valence-electron chi connectivity index (χ4n) is 4.54. The molecule has 0 amide bonds. The first-order valence-electron chi connectivity index (χ1n) is 8.02. The number of methoxy groups -OCH3 is 1. The quantitative estimate of drug-likeness (QED) is 0.824. The van der Waals surface area contributed by atoms with Gasteiger partial charge in [-0.25, -0.2) is 0 Å². The number of ether oxygens (including phenoxy) is 1. The molecule has 0 spiro atoms. The molecule has 0 saturated heterocycles. The van der Waals surface area contributed by atoms with E-state index in [0.29, 0.717) is 19.3 Å². The summed E-state index contributed by atoms with van der Waals surface area (Å²) in [5.41, 5.74) is 0.0743. The van der Waals surface area contributed by atoms with Crippen molar-refractivity contribution in [3.05, 3.63) is 29.3 Å². The maximum Gasteiger partial charge on any atom is 0.292 e. The van der Waals surface area contributed by atoms with Crippen molar-refractivity contribution in [3.8, 4) is 5.75 Å². The molecule has 23 heavy (non-hydrogen) atoms. The van der Waals surface area contributed by atoms with Gasteiger partial charge in [-0.2, -0.15) is 8.42 Å². The lowest BCUT2D eigenvalue weighted by Gasteiger charge is -2.54. The van der Waals surface area contributed by atoms with Crippen molar-refractivity contribution >= 4 is 10.1 Å². The van der Waals surface area contributed by atoms with Crippen LogP contribution in [0.2, 0.25) is 0 Å². The Balaban J connectivity index is 1.86. The molecule has 2 bridgehead atoms. The van der Waals surface area contributed by atoms with E-state index in [0.717, 1.165) is 30.6 Å². The largest absolute Gasteiger partial charge is 0.496 e. The van der Waals surface area contributed by atoms with Gasteiger partial charge in [0.1, 0.15) is 5.75 Å². The first-order valence-corrected chi connectivity index (χ1v) is 9.52. The molecular formula is C17H24O5S. The highest BCUT2D eigenvalue weighted by Gasteiger charge is 2.55. The maximum absolute atomic E-state index is 11.4. The van der Waals surface area contributed by atoms with Crippen molar-refractivity contribution in [2.45, 2.75) is 56.3 Å². The minimum atomic E-state index is -4.41. The van der Waals surface area contributed by atoms with Crippen LogP contribution in [-0.4, -0.2) is 30.6 Å². The monoisotopic (exact) mass is 340 g/mol. The molecule has 6 heteroatoms. The molecule has 1 atom stereocenters. The molecule has 1 aromatic carbocycles.